The van der Waals surface area contributed by atoms with Gasteiger partial charge in [-0.15, -0.1) is 0 Å². The quantitative estimate of drug-likeness (QED) is 0.913. The van der Waals surface area contributed by atoms with E-state index in [4.69, 9.17) is 4.74 Å². The van der Waals surface area contributed by atoms with E-state index in [0.717, 1.165) is 51.5 Å². The Balaban J connectivity index is 1.71. The van der Waals surface area contributed by atoms with Crippen LogP contribution in [-0.2, 0) is 4.74 Å². The minimum Gasteiger partial charge on any atom is -0.381 e. The number of nitrogens with one attached hydrogen (secondary N) is 1. The Morgan fingerprint density at radius 3 is 3.20 bits per heavy atom. The molecule has 1 aromatic rings. The third-order valence-electron chi connectivity index (χ3n) is 4.28. The average molecular weight is 275 g/mol. The Morgan fingerprint density at radius 2 is 2.45 bits per heavy atom. The molecule has 1 aromatic heterocycles. The lowest BCUT2D eigenvalue weighted by Gasteiger charge is -2.22. The monoisotopic (exact) mass is 275 g/mol. The molecule has 20 heavy (non-hydrogen) atoms. The Hall–Kier alpha value is -1.62. The summed E-state index contributed by atoms with van der Waals surface area (Å²) in [7, 11) is 0. The molecule has 1 N–H and O–H groups in total. The summed E-state index contributed by atoms with van der Waals surface area (Å²) >= 11 is 0. The SMILES string of the molecule is CCNc1cc(C(=O)N2CC[C@]3(CCOC3)C2)ccn1. The summed E-state index contributed by atoms with van der Waals surface area (Å²) in [6, 6.07) is 3.63. The van der Waals surface area contributed by atoms with E-state index in [1.54, 1.807) is 12.3 Å². The van der Waals surface area contributed by atoms with Gasteiger partial charge < -0.3 is 15.0 Å². The van der Waals surface area contributed by atoms with Crippen molar-refractivity contribution >= 4 is 11.7 Å². The van der Waals surface area contributed by atoms with Crippen LogP contribution >= 0.6 is 0 Å². The van der Waals surface area contributed by atoms with Gasteiger partial charge in [0.1, 0.15) is 5.82 Å². The molecular formula is C15H21N3O2. The molecule has 1 spiro atoms. The number of ether oxygens (including phenoxy) is 1. The van der Waals surface area contributed by atoms with Crippen LogP contribution in [0.2, 0.25) is 0 Å². The lowest BCUT2D eigenvalue weighted by atomic mass is 9.87. The fourth-order valence-corrected chi connectivity index (χ4v) is 3.10. The molecule has 5 nitrogen and oxygen atoms in total. The smallest absolute Gasteiger partial charge is 0.254 e. The minimum atomic E-state index is 0.107. The number of aromatic nitrogens is 1. The maximum atomic E-state index is 12.6. The Kier molecular flexibility index (Phi) is 3.61. The lowest BCUT2D eigenvalue weighted by molar-refractivity contribution is 0.0765. The van der Waals surface area contributed by atoms with Gasteiger partial charge in [0.05, 0.1) is 6.61 Å². The van der Waals surface area contributed by atoms with E-state index in [2.05, 4.69) is 10.3 Å². The summed E-state index contributed by atoms with van der Waals surface area (Å²) in [5.41, 5.74) is 0.930. The van der Waals surface area contributed by atoms with Crippen LogP contribution < -0.4 is 5.32 Å². The maximum Gasteiger partial charge on any atom is 0.254 e. The van der Waals surface area contributed by atoms with Gasteiger partial charge in [0.2, 0.25) is 0 Å². The van der Waals surface area contributed by atoms with Crippen molar-refractivity contribution in [2.24, 2.45) is 5.41 Å². The van der Waals surface area contributed by atoms with E-state index in [9.17, 15) is 4.79 Å². The highest BCUT2D eigenvalue weighted by atomic mass is 16.5. The van der Waals surface area contributed by atoms with Gasteiger partial charge in [-0.25, -0.2) is 4.98 Å². The Bertz CT molecular complexity index is 498. The van der Waals surface area contributed by atoms with E-state index in [-0.39, 0.29) is 11.3 Å². The topological polar surface area (TPSA) is 54.5 Å². The summed E-state index contributed by atoms with van der Waals surface area (Å²) in [4.78, 5) is 18.7. The number of carbonyl (C=O) groups excluding carboxylic acids is 1. The Morgan fingerprint density at radius 1 is 1.55 bits per heavy atom. The number of amides is 1. The van der Waals surface area contributed by atoms with Gasteiger partial charge in [-0.2, -0.15) is 0 Å². The van der Waals surface area contributed by atoms with Gasteiger partial charge in [0, 0.05) is 43.4 Å². The highest BCUT2D eigenvalue weighted by Crippen LogP contribution is 2.38. The summed E-state index contributed by atoms with van der Waals surface area (Å²) in [5.74, 6) is 0.867. The van der Waals surface area contributed by atoms with Crippen LogP contribution in [0.25, 0.3) is 0 Å². The second kappa shape index (κ2) is 5.40. The van der Waals surface area contributed by atoms with Gasteiger partial charge >= 0.3 is 0 Å². The summed E-state index contributed by atoms with van der Waals surface area (Å²) in [6.45, 7) is 6.11. The maximum absolute atomic E-state index is 12.6. The van der Waals surface area contributed by atoms with Crippen LogP contribution in [0, 0.1) is 5.41 Å². The molecule has 0 unspecified atom stereocenters. The van der Waals surface area contributed by atoms with Gasteiger partial charge in [-0.1, -0.05) is 0 Å². The van der Waals surface area contributed by atoms with Gasteiger partial charge in [0.15, 0.2) is 0 Å². The zero-order valence-electron chi connectivity index (χ0n) is 11.9. The molecule has 2 saturated heterocycles. The third-order valence-corrected chi connectivity index (χ3v) is 4.28. The number of hydrogen-bond donors (Lipinski definition) is 1. The number of rotatable bonds is 3. The molecule has 1 amide bonds. The number of nitrogens with zero attached hydrogens (tertiary/aromatic N) is 2. The largest absolute Gasteiger partial charge is 0.381 e. The van der Waals surface area contributed by atoms with E-state index in [1.165, 1.54) is 0 Å². The first-order valence-electron chi connectivity index (χ1n) is 7.29. The molecule has 2 aliphatic rings. The molecule has 0 aliphatic carbocycles. The molecule has 3 rings (SSSR count). The molecule has 3 heterocycles. The normalized spacial score (nSPS) is 25.4. The zero-order valence-corrected chi connectivity index (χ0v) is 11.9. The third kappa shape index (κ3) is 2.50. The number of likely N-dealkylation sites (tertiary alicyclic amines) is 1. The van der Waals surface area contributed by atoms with Crippen molar-refractivity contribution in [2.45, 2.75) is 19.8 Å². The van der Waals surface area contributed by atoms with Crippen molar-refractivity contribution in [3.63, 3.8) is 0 Å². The van der Waals surface area contributed by atoms with Gasteiger partial charge in [0.25, 0.3) is 5.91 Å². The minimum absolute atomic E-state index is 0.107. The zero-order chi connectivity index (χ0) is 14.0. The van der Waals surface area contributed by atoms with Crippen molar-refractivity contribution in [3.05, 3.63) is 23.9 Å². The average Bonchev–Trinajstić information content (AvgIpc) is 3.10. The second-order valence-corrected chi connectivity index (χ2v) is 5.74. The van der Waals surface area contributed by atoms with Crippen molar-refractivity contribution in [1.29, 1.82) is 0 Å². The standard InChI is InChI=1S/C15H21N3O2/c1-2-16-13-9-12(3-6-17-13)14(19)18-7-4-15(10-18)5-8-20-11-15/h3,6,9H,2,4-5,7-8,10-11H2,1H3,(H,16,17)/t15-/m0/s1. The van der Waals surface area contributed by atoms with Crippen LogP contribution in [0.1, 0.15) is 30.1 Å². The van der Waals surface area contributed by atoms with Crippen molar-refractivity contribution in [3.8, 4) is 0 Å². The molecule has 0 bridgehead atoms. The molecule has 2 aliphatic heterocycles. The summed E-state index contributed by atoms with van der Waals surface area (Å²) < 4.78 is 5.51. The molecule has 1 atom stereocenters. The fraction of sp³-hybridized carbons (Fsp3) is 0.600. The summed E-state index contributed by atoms with van der Waals surface area (Å²) in [5, 5.41) is 3.14. The van der Waals surface area contributed by atoms with Crippen molar-refractivity contribution < 1.29 is 9.53 Å². The Labute approximate surface area is 119 Å². The van der Waals surface area contributed by atoms with Crippen molar-refractivity contribution in [1.82, 2.24) is 9.88 Å². The van der Waals surface area contributed by atoms with E-state index in [1.807, 2.05) is 17.9 Å². The number of pyridine rings is 1. The molecular weight excluding hydrogens is 254 g/mol. The molecule has 0 saturated carbocycles. The molecule has 2 fully saturated rings. The predicted octanol–water partition coefficient (Wildman–Crippen LogP) is 1.77. The fourth-order valence-electron chi connectivity index (χ4n) is 3.10. The van der Waals surface area contributed by atoms with Crippen LogP contribution in [0.15, 0.2) is 18.3 Å². The first kappa shape index (κ1) is 13.4. The van der Waals surface area contributed by atoms with E-state index < -0.39 is 0 Å². The van der Waals surface area contributed by atoms with E-state index >= 15 is 0 Å². The van der Waals surface area contributed by atoms with Crippen LogP contribution in [0.3, 0.4) is 0 Å². The number of anilines is 1. The highest BCUT2D eigenvalue weighted by molar-refractivity contribution is 5.95. The summed E-state index contributed by atoms with van der Waals surface area (Å²) in [6.07, 6.45) is 3.83. The lowest BCUT2D eigenvalue weighted by Crippen LogP contribution is -2.32. The molecule has 0 aromatic carbocycles. The van der Waals surface area contributed by atoms with Crippen molar-refractivity contribution in [2.75, 3.05) is 38.2 Å². The number of hydrogen-bond acceptors (Lipinski definition) is 4. The molecule has 5 heteroatoms. The first-order chi connectivity index (χ1) is 9.72. The first-order valence-corrected chi connectivity index (χ1v) is 7.29. The van der Waals surface area contributed by atoms with E-state index in [0.29, 0.717) is 5.56 Å². The number of carbonyl (C=O) groups is 1. The van der Waals surface area contributed by atoms with Gasteiger partial charge in [-0.3, -0.25) is 4.79 Å². The predicted molar refractivity (Wildman–Crippen MR) is 76.8 cm³/mol. The van der Waals surface area contributed by atoms with Gasteiger partial charge in [-0.05, 0) is 31.9 Å². The molecule has 0 radical (unpaired) electrons. The van der Waals surface area contributed by atoms with Crippen LogP contribution in [0.4, 0.5) is 5.82 Å². The second-order valence-electron chi connectivity index (χ2n) is 5.74. The molecule has 108 valence electrons. The van der Waals surface area contributed by atoms with Crippen LogP contribution in [0.5, 0.6) is 0 Å². The van der Waals surface area contributed by atoms with Crippen LogP contribution in [-0.4, -0.2) is 48.6 Å². The highest BCUT2D eigenvalue weighted by Gasteiger charge is 2.42.